The fourth-order valence-electron chi connectivity index (χ4n) is 1.15. The topological polar surface area (TPSA) is 55.8 Å². The van der Waals surface area contributed by atoms with Gasteiger partial charge in [0.15, 0.2) is 5.85 Å². The highest BCUT2D eigenvalue weighted by Crippen LogP contribution is 2.53. The van der Waals surface area contributed by atoms with E-state index in [0.29, 0.717) is 6.42 Å². The molecule has 0 aromatic heterocycles. The first-order chi connectivity index (χ1) is 7.10. The van der Waals surface area contributed by atoms with Gasteiger partial charge in [0.1, 0.15) is 0 Å². The molecule has 0 aromatic carbocycles. The summed E-state index contributed by atoms with van der Waals surface area (Å²) in [5.74, 6) is -1.00. The third-order valence-corrected chi connectivity index (χ3v) is 4.61. The van der Waals surface area contributed by atoms with Crippen LogP contribution in [0.3, 0.4) is 0 Å². The van der Waals surface area contributed by atoms with E-state index in [-0.39, 0.29) is 13.2 Å². The Morgan fingerprint density at radius 2 is 1.80 bits per heavy atom. The molecule has 0 rings (SSSR count). The zero-order valence-corrected chi connectivity index (χ0v) is 11.8. The number of halogens is 1. The lowest BCUT2D eigenvalue weighted by molar-refractivity contribution is 0.143. The standard InChI is InChI=1S/C9H20BrO4P/c1-3-13-15(12,14-4-2)9(11)7-5-6-8-10/h9,11H,3-8H2,1-2H3/t9-/m0/s1. The summed E-state index contributed by atoms with van der Waals surface area (Å²) in [6.07, 6.45) is 2.19. The molecular formula is C9H20BrO4P. The van der Waals surface area contributed by atoms with Crippen molar-refractivity contribution >= 4 is 23.5 Å². The van der Waals surface area contributed by atoms with E-state index in [4.69, 9.17) is 9.05 Å². The van der Waals surface area contributed by atoms with Crippen LogP contribution in [0, 0.1) is 0 Å². The molecule has 0 aliphatic carbocycles. The van der Waals surface area contributed by atoms with Crippen molar-refractivity contribution in [1.29, 1.82) is 0 Å². The lowest BCUT2D eigenvalue weighted by Gasteiger charge is -2.22. The van der Waals surface area contributed by atoms with Crippen LogP contribution in [-0.4, -0.2) is 29.5 Å². The van der Waals surface area contributed by atoms with Crippen LogP contribution in [-0.2, 0) is 13.6 Å². The molecule has 0 unspecified atom stereocenters. The van der Waals surface area contributed by atoms with Gasteiger partial charge >= 0.3 is 7.60 Å². The molecule has 1 N–H and O–H groups in total. The van der Waals surface area contributed by atoms with Gasteiger partial charge in [-0.25, -0.2) is 0 Å². The molecule has 0 aromatic rings. The maximum absolute atomic E-state index is 12.0. The highest BCUT2D eigenvalue weighted by Gasteiger charge is 2.33. The van der Waals surface area contributed by atoms with E-state index in [1.165, 1.54) is 0 Å². The monoisotopic (exact) mass is 302 g/mol. The van der Waals surface area contributed by atoms with Crippen molar-refractivity contribution in [3.63, 3.8) is 0 Å². The molecule has 0 aliphatic heterocycles. The van der Waals surface area contributed by atoms with Crippen molar-refractivity contribution in [2.75, 3.05) is 18.5 Å². The molecule has 0 amide bonds. The normalized spacial score (nSPS) is 14.1. The van der Waals surface area contributed by atoms with Crippen LogP contribution < -0.4 is 0 Å². The molecule has 15 heavy (non-hydrogen) atoms. The third-order valence-electron chi connectivity index (χ3n) is 1.83. The first-order valence-corrected chi connectivity index (χ1v) is 7.96. The number of aliphatic hydroxyl groups is 1. The molecule has 0 spiro atoms. The average Bonchev–Trinajstić information content (AvgIpc) is 2.18. The number of alkyl halides is 1. The number of hydrogen-bond donors (Lipinski definition) is 1. The Bertz CT molecular complexity index is 191. The molecule has 0 fully saturated rings. The highest BCUT2D eigenvalue weighted by atomic mass is 79.9. The van der Waals surface area contributed by atoms with Gasteiger partial charge in [-0.3, -0.25) is 4.57 Å². The molecule has 0 bridgehead atoms. The molecule has 0 saturated heterocycles. The molecule has 0 saturated carbocycles. The Kier molecular flexibility index (Phi) is 9.05. The third kappa shape index (κ3) is 6.03. The number of hydrogen-bond acceptors (Lipinski definition) is 4. The van der Waals surface area contributed by atoms with Crippen LogP contribution in [0.5, 0.6) is 0 Å². The highest BCUT2D eigenvalue weighted by molar-refractivity contribution is 9.09. The van der Waals surface area contributed by atoms with E-state index < -0.39 is 13.4 Å². The summed E-state index contributed by atoms with van der Waals surface area (Å²) in [5, 5.41) is 10.6. The lowest BCUT2D eigenvalue weighted by atomic mass is 10.3. The van der Waals surface area contributed by atoms with Gasteiger partial charge in [0.2, 0.25) is 0 Å². The van der Waals surface area contributed by atoms with Crippen LogP contribution >= 0.6 is 23.5 Å². The minimum atomic E-state index is -3.31. The quantitative estimate of drug-likeness (QED) is 0.404. The Morgan fingerprint density at radius 1 is 1.27 bits per heavy atom. The fraction of sp³-hybridized carbons (Fsp3) is 1.00. The average molecular weight is 303 g/mol. The lowest BCUT2D eigenvalue weighted by Crippen LogP contribution is -2.12. The maximum atomic E-state index is 12.0. The largest absolute Gasteiger partial charge is 0.380 e. The summed E-state index contributed by atoms with van der Waals surface area (Å²) in [7, 11) is -3.31. The van der Waals surface area contributed by atoms with Crippen LogP contribution in [0.1, 0.15) is 33.1 Å². The Balaban J connectivity index is 4.15. The van der Waals surface area contributed by atoms with Crippen LogP contribution in [0.25, 0.3) is 0 Å². The molecule has 4 nitrogen and oxygen atoms in total. The Hall–Kier alpha value is 0.590. The second-order valence-corrected chi connectivity index (χ2v) is 6.03. The summed E-state index contributed by atoms with van der Waals surface area (Å²) in [5.41, 5.74) is 0. The number of unbranched alkanes of at least 4 members (excludes halogenated alkanes) is 1. The minimum Gasteiger partial charge on any atom is -0.380 e. The van der Waals surface area contributed by atoms with E-state index in [2.05, 4.69) is 15.9 Å². The van der Waals surface area contributed by atoms with Crippen LogP contribution in [0.4, 0.5) is 0 Å². The van der Waals surface area contributed by atoms with Gasteiger partial charge in [-0.15, -0.1) is 0 Å². The smallest absolute Gasteiger partial charge is 0.358 e. The minimum absolute atomic E-state index is 0.285. The van der Waals surface area contributed by atoms with E-state index >= 15 is 0 Å². The van der Waals surface area contributed by atoms with Crippen molar-refractivity contribution in [2.24, 2.45) is 0 Å². The Morgan fingerprint density at radius 3 is 2.20 bits per heavy atom. The van der Waals surface area contributed by atoms with Crippen molar-refractivity contribution in [3.8, 4) is 0 Å². The van der Waals surface area contributed by atoms with Gasteiger partial charge in [0.25, 0.3) is 0 Å². The molecule has 6 heteroatoms. The summed E-state index contributed by atoms with van der Waals surface area (Å²) >= 11 is 3.30. The summed E-state index contributed by atoms with van der Waals surface area (Å²) in [6.45, 7) is 4.04. The van der Waals surface area contributed by atoms with Gasteiger partial charge in [0, 0.05) is 5.33 Å². The van der Waals surface area contributed by atoms with Crippen LogP contribution in [0.2, 0.25) is 0 Å². The molecule has 92 valence electrons. The van der Waals surface area contributed by atoms with Gasteiger partial charge in [-0.2, -0.15) is 0 Å². The fourth-order valence-corrected chi connectivity index (χ4v) is 3.18. The van der Waals surface area contributed by atoms with E-state index in [9.17, 15) is 9.67 Å². The molecule has 1 atom stereocenters. The predicted octanol–water partition coefficient (Wildman–Crippen LogP) is 3.14. The van der Waals surface area contributed by atoms with Crippen molar-refractivity contribution in [1.82, 2.24) is 0 Å². The van der Waals surface area contributed by atoms with Gasteiger partial charge in [-0.1, -0.05) is 15.9 Å². The summed E-state index contributed by atoms with van der Waals surface area (Å²) < 4.78 is 22.1. The van der Waals surface area contributed by atoms with Gasteiger partial charge < -0.3 is 14.2 Å². The maximum Gasteiger partial charge on any atom is 0.358 e. The number of rotatable bonds is 9. The second-order valence-electron chi connectivity index (χ2n) is 3.04. The Labute approximate surface area is 100 Å². The van der Waals surface area contributed by atoms with Crippen molar-refractivity contribution < 1.29 is 18.7 Å². The van der Waals surface area contributed by atoms with Gasteiger partial charge in [0.05, 0.1) is 13.2 Å². The van der Waals surface area contributed by atoms with Crippen molar-refractivity contribution in [3.05, 3.63) is 0 Å². The molecule has 0 heterocycles. The van der Waals surface area contributed by atoms with E-state index in [1.807, 2.05) is 0 Å². The van der Waals surface area contributed by atoms with Crippen LogP contribution in [0.15, 0.2) is 0 Å². The van der Waals surface area contributed by atoms with E-state index in [0.717, 1.165) is 18.2 Å². The SMILES string of the molecule is CCOP(=O)(OCC)[C@H](O)CCCCBr. The number of aliphatic hydroxyl groups excluding tert-OH is 1. The van der Waals surface area contributed by atoms with E-state index in [1.54, 1.807) is 13.8 Å². The first kappa shape index (κ1) is 15.6. The molecular weight excluding hydrogens is 283 g/mol. The summed E-state index contributed by atoms with van der Waals surface area (Å²) in [6, 6.07) is 0. The second kappa shape index (κ2) is 8.71. The summed E-state index contributed by atoms with van der Waals surface area (Å²) in [4.78, 5) is 0. The zero-order chi connectivity index (χ0) is 11.7. The first-order valence-electron chi connectivity index (χ1n) is 5.23. The zero-order valence-electron chi connectivity index (χ0n) is 9.32. The molecule has 0 radical (unpaired) electrons. The van der Waals surface area contributed by atoms with Gasteiger partial charge in [-0.05, 0) is 33.1 Å². The molecule has 0 aliphatic rings. The predicted molar refractivity (Wildman–Crippen MR) is 64.5 cm³/mol. The van der Waals surface area contributed by atoms with Crippen molar-refractivity contribution in [2.45, 2.75) is 39.0 Å².